The lowest BCUT2D eigenvalue weighted by atomic mass is 10.1. The molecular weight excluding hydrogens is 511 g/mol. The number of halogens is 2. The molecule has 1 atom stereocenters. The van der Waals surface area contributed by atoms with Crippen LogP contribution < -0.4 is 14.8 Å². The number of amides is 1. The van der Waals surface area contributed by atoms with Gasteiger partial charge >= 0.3 is 0 Å². The van der Waals surface area contributed by atoms with E-state index in [1.165, 1.54) is 24.3 Å². The summed E-state index contributed by atoms with van der Waals surface area (Å²) in [6, 6.07) is 16.5. The van der Waals surface area contributed by atoms with Crippen LogP contribution in [0.3, 0.4) is 0 Å². The maximum Gasteiger partial charge on any atom is 0.242 e. The summed E-state index contributed by atoms with van der Waals surface area (Å²) >= 11 is 3.17. The first-order chi connectivity index (χ1) is 15.7. The van der Waals surface area contributed by atoms with E-state index in [-0.39, 0.29) is 17.0 Å². The fraction of sp³-hybridized carbons (Fsp3) is 0.208. The number of ether oxygens (including phenoxy) is 1. The third-order valence-corrected chi connectivity index (χ3v) is 6.80. The second kappa shape index (κ2) is 10.9. The molecule has 0 unspecified atom stereocenters. The average Bonchev–Trinajstić information content (AvgIpc) is 2.77. The number of rotatable bonds is 9. The van der Waals surface area contributed by atoms with Crippen LogP contribution in [0.1, 0.15) is 18.1 Å². The predicted octanol–water partition coefficient (Wildman–Crippen LogP) is 4.82. The van der Waals surface area contributed by atoms with Gasteiger partial charge in [0.05, 0.1) is 17.2 Å². The number of carbonyl (C=O) groups is 1. The number of hydrogen-bond donors (Lipinski definition) is 2. The molecule has 0 aliphatic carbocycles. The van der Waals surface area contributed by atoms with Gasteiger partial charge in [-0.1, -0.05) is 46.3 Å². The zero-order chi connectivity index (χ0) is 24.0. The highest BCUT2D eigenvalue weighted by Gasteiger charge is 2.27. The Morgan fingerprint density at radius 2 is 1.82 bits per heavy atom. The minimum absolute atomic E-state index is 0.00383. The quantitative estimate of drug-likeness (QED) is 0.412. The van der Waals surface area contributed by atoms with E-state index in [2.05, 4.69) is 26.0 Å². The second-order valence-corrected chi connectivity index (χ2v) is 9.97. The van der Waals surface area contributed by atoms with E-state index in [0.29, 0.717) is 22.4 Å². The molecule has 174 valence electrons. The molecule has 6 nitrogen and oxygen atoms in total. The van der Waals surface area contributed by atoms with Crippen LogP contribution in [-0.2, 0) is 21.2 Å². The van der Waals surface area contributed by atoms with Crippen LogP contribution in [0.15, 0.2) is 76.1 Å². The van der Waals surface area contributed by atoms with E-state index in [0.717, 1.165) is 5.56 Å². The molecule has 3 aromatic carbocycles. The van der Waals surface area contributed by atoms with Gasteiger partial charge in [0.2, 0.25) is 15.9 Å². The fourth-order valence-corrected chi connectivity index (χ4v) is 4.82. The number of anilines is 1. The van der Waals surface area contributed by atoms with Gasteiger partial charge in [-0.2, -0.15) is 4.72 Å². The number of hydrogen-bond acceptors (Lipinski definition) is 4. The van der Waals surface area contributed by atoms with Gasteiger partial charge in [0.1, 0.15) is 17.6 Å². The van der Waals surface area contributed by atoms with Crippen molar-refractivity contribution in [3.63, 3.8) is 0 Å². The van der Waals surface area contributed by atoms with Gasteiger partial charge in [0.25, 0.3) is 0 Å². The Labute approximate surface area is 201 Å². The standard InChI is InChI=1S/C24H24BrFN2O4S/c1-3-32-23-12-10-19(13-16(23)2)33(30,31)28-22(14-17-7-5-4-6-8-17)24(29)27-21-11-9-18(25)15-20(21)26/h4-13,15,22,28H,3,14H2,1-2H3,(H,27,29)/t22-/m0/s1. The Morgan fingerprint density at radius 3 is 2.45 bits per heavy atom. The first kappa shape index (κ1) is 24.9. The zero-order valence-electron chi connectivity index (χ0n) is 18.1. The van der Waals surface area contributed by atoms with Gasteiger partial charge in [-0.15, -0.1) is 0 Å². The van der Waals surface area contributed by atoms with Crippen molar-refractivity contribution in [3.05, 3.63) is 88.1 Å². The molecule has 0 saturated carbocycles. The van der Waals surface area contributed by atoms with Crippen molar-refractivity contribution >= 4 is 37.5 Å². The topological polar surface area (TPSA) is 84.5 Å². The van der Waals surface area contributed by atoms with Crippen molar-refractivity contribution in [3.8, 4) is 5.75 Å². The van der Waals surface area contributed by atoms with Crippen LogP contribution in [0.25, 0.3) is 0 Å². The molecule has 0 radical (unpaired) electrons. The lowest BCUT2D eigenvalue weighted by molar-refractivity contribution is -0.117. The van der Waals surface area contributed by atoms with Crippen LogP contribution in [0.2, 0.25) is 0 Å². The molecule has 3 rings (SSSR count). The minimum Gasteiger partial charge on any atom is -0.494 e. The molecule has 3 aromatic rings. The normalized spacial score (nSPS) is 12.2. The number of aryl methyl sites for hydroxylation is 1. The van der Waals surface area contributed by atoms with Crippen molar-refractivity contribution in [1.29, 1.82) is 0 Å². The van der Waals surface area contributed by atoms with Crippen molar-refractivity contribution < 1.29 is 22.3 Å². The van der Waals surface area contributed by atoms with Crippen LogP contribution >= 0.6 is 15.9 Å². The summed E-state index contributed by atoms with van der Waals surface area (Å²) in [5.41, 5.74) is 1.36. The van der Waals surface area contributed by atoms with Crippen molar-refractivity contribution in [2.45, 2.75) is 31.2 Å². The summed E-state index contributed by atoms with van der Waals surface area (Å²) in [5.74, 6) is -0.728. The molecule has 0 aliphatic rings. The molecule has 1 amide bonds. The lowest BCUT2D eigenvalue weighted by Gasteiger charge is -2.19. The summed E-state index contributed by atoms with van der Waals surface area (Å²) in [7, 11) is -4.06. The van der Waals surface area contributed by atoms with Crippen LogP contribution in [-0.4, -0.2) is 27.0 Å². The summed E-state index contributed by atoms with van der Waals surface area (Å²) in [6.45, 7) is 4.04. The smallest absolute Gasteiger partial charge is 0.242 e. The van der Waals surface area contributed by atoms with E-state index in [9.17, 15) is 17.6 Å². The molecule has 33 heavy (non-hydrogen) atoms. The minimum atomic E-state index is -4.06. The number of nitrogens with one attached hydrogen (secondary N) is 2. The number of carbonyl (C=O) groups excluding carboxylic acids is 1. The predicted molar refractivity (Wildman–Crippen MR) is 129 cm³/mol. The van der Waals surface area contributed by atoms with E-state index >= 15 is 0 Å². The van der Waals surface area contributed by atoms with E-state index in [4.69, 9.17) is 4.74 Å². The van der Waals surface area contributed by atoms with Crippen molar-refractivity contribution in [2.75, 3.05) is 11.9 Å². The molecule has 9 heteroatoms. The second-order valence-electron chi connectivity index (χ2n) is 7.34. The highest BCUT2D eigenvalue weighted by molar-refractivity contribution is 9.10. The molecule has 0 spiro atoms. The summed E-state index contributed by atoms with van der Waals surface area (Å²) in [4.78, 5) is 13.0. The molecule has 0 aliphatic heterocycles. The van der Waals surface area contributed by atoms with Crippen molar-refractivity contribution in [2.24, 2.45) is 0 Å². The molecule has 0 bridgehead atoms. The number of sulfonamides is 1. The fourth-order valence-electron chi connectivity index (χ4n) is 3.21. The molecule has 2 N–H and O–H groups in total. The lowest BCUT2D eigenvalue weighted by Crippen LogP contribution is -2.45. The van der Waals surface area contributed by atoms with Gasteiger partial charge in [-0.3, -0.25) is 4.79 Å². The van der Waals surface area contributed by atoms with Gasteiger partial charge in [0, 0.05) is 4.47 Å². The van der Waals surface area contributed by atoms with Crippen LogP contribution in [0.5, 0.6) is 5.75 Å². The van der Waals surface area contributed by atoms with E-state index in [1.807, 2.05) is 13.0 Å². The number of benzene rings is 3. The first-order valence-corrected chi connectivity index (χ1v) is 12.5. The van der Waals surface area contributed by atoms with Gasteiger partial charge < -0.3 is 10.1 Å². The SMILES string of the molecule is CCOc1ccc(S(=O)(=O)N[C@@H](Cc2ccccc2)C(=O)Nc2ccc(Br)cc2F)cc1C. The highest BCUT2D eigenvalue weighted by atomic mass is 79.9. The largest absolute Gasteiger partial charge is 0.494 e. The monoisotopic (exact) mass is 534 g/mol. The van der Waals surface area contributed by atoms with Crippen LogP contribution in [0, 0.1) is 12.7 Å². The Bertz CT molecular complexity index is 1240. The Balaban J connectivity index is 1.88. The Hall–Kier alpha value is -2.75. The third kappa shape index (κ3) is 6.63. The Morgan fingerprint density at radius 1 is 1.09 bits per heavy atom. The maximum absolute atomic E-state index is 14.3. The molecule has 0 fully saturated rings. The maximum atomic E-state index is 14.3. The molecular formula is C24H24BrFN2O4S. The Kier molecular flexibility index (Phi) is 8.23. The van der Waals surface area contributed by atoms with E-state index < -0.39 is 27.8 Å². The molecule has 0 heterocycles. The first-order valence-electron chi connectivity index (χ1n) is 10.2. The zero-order valence-corrected chi connectivity index (χ0v) is 20.5. The van der Waals surface area contributed by atoms with Crippen molar-refractivity contribution in [1.82, 2.24) is 4.72 Å². The van der Waals surface area contributed by atoms with Gasteiger partial charge in [-0.25, -0.2) is 12.8 Å². The summed E-state index contributed by atoms with van der Waals surface area (Å²) in [6.07, 6.45) is 0.0834. The van der Waals surface area contributed by atoms with E-state index in [1.54, 1.807) is 43.3 Å². The third-order valence-electron chi connectivity index (χ3n) is 4.84. The average molecular weight is 535 g/mol. The molecule has 0 saturated heterocycles. The van der Waals surface area contributed by atoms with Crippen LogP contribution in [0.4, 0.5) is 10.1 Å². The van der Waals surface area contributed by atoms with Gasteiger partial charge in [-0.05, 0) is 67.8 Å². The van der Waals surface area contributed by atoms with Gasteiger partial charge in [0.15, 0.2) is 0 Å². The summed E-state index contributed by atoms with van der Waals surface area (Å²) < 4.78 is 48.9. The molecule has 0 aromatic heterocycles. The highest BCUT2D eigenvalue weighted by Crippen LogP contribution is 2.23. The summed E-state index contributed by atoms with van der Waals surface area (Å²) in [5, 5.41) is 2.49.